The number of benzene rings is 2. The lowest BCUT2D eigenvalue weighted by Crippen LogP contribution is -2.36. The lowest BCUT2D eigenvalue weighted by molar-refractivity contribution is -0.116. The fourth-order valence-corrected chi connectivity index (χ4v) is 3.51. The van der Waals surface area contributed by atoms with Gasteiger partial charge in [-0.3, -0.25) is 9.69 Å². The van der Waals surface area contributed by atoms with Crippen LogP contribution in [0.1, 0.15) is 31.7 Å². The Bertz CT molecular complexity index is 721. The van der Waals surface area contributed by atoms with Crippen LogP contribution in [0.5, 0.6) is 0 Å². The number of hydrogen-bond donors (Lipinski definition) is 1. The summed E-state index contributed by atoms with van der Waals surface area (Å²) in [4.78, 5) is 14.6. The molecular weight excluding hydrogens is 336 g/mol. The first kappa shape index (κ1) is 19.6. The number of carbonyl (C=O) groups excluding carboxylic acids is 1. The van der Waals surface area contributed by atoms with Gasteiger partial charge in [0.2, 0.25) is 5.91 Å². The number of hydrogen-bond acceptors (Lipinski definition) is 3. The first-order chi connectivity index (χ1) is 13.3. The number of unbranched alkanes of at least 4 members (excludes halogenated alkanes) is 1. The summed E-state index contributed by atoms with van der Waals surface area (Å²) in [6, 6.07) is 16.6. The molecule has 3 rings (SSSR count). The minimum Gasteiger partial charge on any atom is -0.379 e. The smallest absolute Gasteiger partial charge is 0.224 e. The molecule has 0 aromatic heterocycles. The molecular formula is C23H30N2O2. The molecule has 1 amide bonds. The van der Waals surface area contributed by atoms with Gasteiger partial charge in [0, 0.05) is 25.2 Å². The Labute approximate surface area is 162 Å². The van der Waals surface area contributed by atoms with E-state index in [1.165, 1.54) is 16.7 Å². The van der Waals surface area contributed by atoms with Crippen molar-refractivity contribution in [3.05, 3.63) is 54.1 Å². The summed E-state index contributed by atoms with van der Waals surface area (Å²) in [7, 11) is 0. The monoisotopic (exact) mass is 366 g/mol. The second kappa shape index (κ2) is 10.2. The zero-order chi connectivity index (χ0) is 18.9. The van der Waals surface area contributed by atoms with E-state index in [0.29, 0.717) is 6.42 Å². The van der Waals surface area contributed by atoms with Gasteiger partial charge in [0.25, 0.3) is 0 Å². The van der Waals surface area contributed by atoms with Crippen molar-refractivity contribution in [2.45, 2.75) is 32.6 Å². The number of amides is 1. The zero-order valence-corrected chi connectivity index (χ0v) is 16.2. The van der Waals surface area contributed by atoms with E-state index >= 15 is 0 Å². The Morgan fingerprint density at radius 2 is 1.78 bits per heavy atom. The molecule has 1 N–H and O–H groups in total. The molecule has 1 heterocycles. The van der Waals surface area contributed by atoms with Crippen LogP contribution >= 0.6 is 0 Å². The Balaban J connectivity index is 1.44. The number of anilines is 1. The Kier molecular flexibility index (Phi) is 7.43. The summed E-state index contributed by atoms with van der Waals surface area (Å²) in [6.07, 6.45) is 3.56. The highest BCUT2D eigenvalue weighted by atomic mass is 16.5. The number of aryl methyl sites for hydroxylation is 1. The minimum atomic E-state index is 0.0960. The van der Waals surface area contributed by atoms with Gasteiger partial charge in [-0.05, 0) is 54.6 Å². The molecule has 1 aliphatic heterocycles. The summed E-state index contributed by atoms with van der Waals surface area (Å²) in [5, 5.41) is 3.02. The summed E-state index contributed by atoms with van der Waals surface area (Å²) in [5.74, 6) is 0.0960. The number of ether oxygens (including phenoxy) is 1. The number of carbonyl (C=O) groups is 1. The Morgan fingerprint density at radius 1 is 1.04 bits per heavy atom. The molecule has 4 heteroatoms. The van der Waals surface area contributed by atoms with Gasteiger partial charge in [0.1, 0.15) is 0 Å². The van der Waals surface area contributed by atoms with E-state index in [1.807, 2.05) is 12.1 Å². The van der Waals surface area contributed by atoms with E-state index in [-0.39, 0.29) is 5.91 Å². The molecule has 144 valence electrons. The van der Waals surface area contributed by atoms with Crippen molar-refractivity contribution in [3.8, 4) is 11.1 Å². The largest absolute Gasteiger partial charge is 0.379 e. The molecule has 0 atom stereocenters. The predicted molar refractivity (Wildman–Crippen MR) is 111 cm³/mol. The molecule has 0 saturated carbocycles. The highest BCUT2D eigenvalue weighted by Crippen LogP contribution is 2.25. The number of nitrogens with zero attached hydrogens (tertiary/aromatic N) is 1. The van der Waals surface area contributed by atoms with Crippen LogP contribution in [0.3, 0.4) is 0 Å². The Hall–Kier alpha value is -2.17. The maximum atomic E-state index is 12.2. The predicted octanol–water partition coefficient (Wildman–Crippen LogP) is 4.36. The lowest BCUT2D eigenvalue weighted by atomic mass is 9.98. The highest BCUT2D eigenvalue weighted by Gasteiger charge is 2.10. The average molecular weight is 367 g/mol. The number of nitrogens with one attached hydrogen (secondary N) is 1. The molecule has 1 saturated heterocycles. The minimum absolute atomic E-state index is 0.0960. The van der Waals surface area contributed by atoms with Gasteiger partial charge >= 0.3 is 0 Å². The molecule has 0 unspecified atom stereocenters. The normalized spacial score (nSPS) is 14.9. The fraction of sp³-hybridized carbons (Fsp3) is 0.435. The third-order valence-corrected chi connectivity index (χ3v) is 5.11. The Morgan fingerprint density at radius 3 is 2.52 bits per heavy atom. The SMILES string of the molecule is CCc1ccccc1-c1ccc(NC(=O)CCCCN2CCOCC2)cc1. The van der Waals surface area contributed by atoms with E-state index in [0.717, 1.165) is 57.8 Å². The third-order valence-electron chi connectivity index (χ3n) is 5.11. The molecule has 2 aromatic rings. The van der Waals surface area contributed by atoms with Crippen molar-refractivity contribution in [1.29, 1.82) is 0 Å². The van der Waals surface area contributed by atoms with E-state index in [2.05, 4.69) is 53.5 Å². The molecule has 27 heavy (non-hydrogen) atoms. The van der Waals surface area contributed by atoms with E-state index in [4.69, 9.17) is 4.74 Å². The van der Waals surface area contributed by atoms with Crippen LogP contribution < -0.4 is 5.32 Å². The van der Waals surface area contributed by atoms with E-state index < -0.39 is 0 Å². The van der Waals surface area contributed by atoms with E-state index in [1.54, 1.807) is 0 Å². The third kappa shape index (κ3) is 5.91. The van der Waals surface area contributed by atoms with Gasteiger partial charge in [-0.25, -0.2) is 0 Å². The standard InChI is InChI=1S/C23H30N2O2/c1-2-19-7-3-4-8-22(19)20-10-12-21(13-11-20)24-23(26)9-5-6-14-25-15-17-27-18-16-25/h3-4,7-8,10-13H,2,5-6,9,14-18H2,1H3,(H,24,26). The first-order valence-electron chi connectivity index (χ1n) is 10.0. The van der Waals surface area contributed by atoms with Crippen LogP contribution in [0.25, 0.3) is 11.1 Å². The topological polar surface area (TPSA) is 41.6 Å². The van der Waals surface area contributed by atoms with E-state index in [9.17, 15) is 4.79 Å². The van der Waals surface area contributed by atoms with Crippen LogP contribution in [0.4, 0.5) is 5.69 Å². The molecule has 2 aromatic carbocycles. The lowest BCUT2D eigenvalue weighted by Gasteiger charge is -2.26. The van der Waals surface area contributed by atoms with Gasteiger partial charge in [0.05, 0.1) is 13.2 Å². The second-order valence-electron chi connectivity index (χ2n) is 7.05. The maximum absolute atomic E-state index is 12.2. The van der Waals surface area contributed by atoms with Gasteiger partial charge in [0.15, 0.2) is 0 Å². The second-order valence-corrected chi connectivity index (χ2v) is 7.05. The van der Waals surface area contributed by atoms with Crippen molar-refractivity contribution >= 4 is 11.6 Å². The van der Waals surface area contributed by atoms with Crippen LogP contribution in [0.15, 0.2) is 48.5 Å². The summed E-state index contributed by atoms with van der Waals surface area (Å²) in [6.45, 7) is 6.92. The van der Waals surface area contributed by atoms with Crippen molar-refractivity contribution in [1.82, 2.24) is 4.90 Å². The van der Waals surface area contributed by atoms with Crippen molar-refractivity contribution < 1.29 is 9.53 Å². The summed E-state index contributed by atoms with van der Waals surface area (Å²) in [5.41, 5.74) is 4.66. The first-order valence-corrected chi connectivity index (χ1v) is 10.0. The molecule has 0 radical (unpaired) electrons. The number of rotatable bonds is 8. The summed E-state index contributed by atoms with van der Waals surface area (Å²) >= 11 is 0. The van der Waals surface area contributed by atoms with Crippen LogP contribution in [0, 0.1) is 0 Å². The zero-order valence-electron chi connectivity index (χ0n) is 16.2. The molecule has 4 nitrogen and oxygen atoms in total. The average Bonchev–Trinajstić information content (AvgIpc) is 2.72. The molecule has 0 spiro atoms. The van der Waals surface area contributed by atoms with Gasteiger partial charge in [-0.2, -0.15) is 0 Å². The van der Waals surface area contributed by atoms with Crippen molar-refractivity contribution in [2.24, 2.45) is 0 Å². The number of morpholine rings is 1. The van der Waals surface area contributed by atoms with Crippen LogP contribution in [-0.4, -0.2) is 43.7 Å². The molecule has 0 aliphatic carbocycles. The molecule has 1 fully saturated rings. The van der Waals surface area contributed by atoms with Crippen molar-refractivity contribution in [2.75, 3.05) is 38.2 Å². The van der Waals surface area contributed by atoms with Crippen LogP contribution in [0.2, 0.25) is 0 Å². The van der Waals surface area contributed by atoms with Crippen molar-refractivity contribution in [3.63, 3.8) is 0 Å². The summed E-state index contributed by atoms with van der Waals surface area (Å²) < 4.78 is 5.35. The van der Waals surface area contributed by atoms with Crippen LogP contribution in [-0.2, 0) is 16.0 Å². The van der Waals surface area contributed by atoms with Gasteiger partial charge in [-0.15, -0.1) is 0 Å². The van der Waals surface area contributed by atoms with Gasteiger partial charge in [-0.1, -0.05) is 43.3 Å². The molecule has 0 bridgehead atoms. The fourth-order valence-electron chi connectivity index (χ4n) is 3.51. The maximum Gasteiger partial charge on any atom is 0.224 e. The quantitative estimate of drug-likeness (QED) is 0.706. The van der Waals surface area contributed by atoms with Gasteiger partial charge < -0.3 is 10.1 Å². The highest BCUT2D eigenvalue weighted by molar-refractivity contribution is 5.91. The molecule has 1 aliphatic rings.